The highest BCUT2D eigenvalue weighted by Gasteiger charge is 2.21. The van der Waals surface area contributed by atoms with Gasteiger partial charge in [-0.05, 0) is 18.6 Å². The Balaban J connectivity index is 2.34. The molecule has 4 nitrogen and oxygen atoms in total. The Morgan fingerprint density at radius 3 is 2.94 bits per heavy atom. The Hall–Kier alpha value is -1.73. The van der Waals surface area contributed by atoms with Crippen molar-refractivity contribution >= 4 is 5.69 Å². The van der Waals surface area contributed by atoms with Crippen LogP contribution in [0.3, 0.4) is 0 Å². The first kappa shape index (κ1) is 10.8. The van der Waals surface area contributed by atoms with Crippen LogP contribution in [0.2, 0.25) is 0 Å². The standard InChI is InChI=1S/C12H15N3O/c1-16-11-3-2-9(7-13)12(6-11)15-5-4-10(14)8-15/h2-3,6,10H,4-5,8,14H2,1H3. The molecule has 84 valence electrons. The molecule has 16 heavy (non-hydrogen) atoms. The maximum atomic E-state index is 9.06. The van der Waals surface area contributed by atoms with E-state index in [1.807, 2.05) is 6.07 Å². The molecule has 1 unspecified atom stereocenters. The molecule has 0 saturated carbocycles. The molecule has 0 aromatic heterocycles. The van der Waals surface area contributed by atoms with Crippen LogP contribution in [0.5, 0.6) is 5.75 Å². The number of benzene rings is 1. The predicted octanol–water partition coefficient (Wildman–Crippen LogP) is 1.10. The van der Waals surface area contributed by atoms with E-state index in [0.717, 1.165) is 30.9 Å². The second-order valence-electron chi connectivity index (χ2n) is 3.99. The molecular weight excluding hydrogens is 202 g/mol. The third-order valence-corrected chi connectivity index (χ3v) is 2.89. The summed E-state index contributed by atoms with van der Waals surface area (Å²) in [6, 6.07) is 7.90. The molecular formula is C12H15N3O. The lowest BCUT2D eigenvalue weighted by Crippen LogP contribution is -2.26. The summed E-state index contributed by atoms with van der Waals surface area (Å²) in [4.78, 5) is 2.14. The van der Waals surface area contributed by atoms with E-state index in [-0.39, 0.29) is 6.04 Å². The topological polar surface area (TPSA) is 62.3 Å². The highest BCUT2D eigenvalue weighted by Crippen LogP contribution is 2.28. The summed E-state index contributed by atoms with van der Waals surface area (Å²) in [6.45, 7) is 1.71. The first-order chi connectivity index (χ1) is 7.74. The van der Waals surface area contributed by atoms with Crippen LogP contribution < -0.4 is 15.4 Å². The average molecular weight is 217 g/mol. The van der Waals surface area contributed by atoms with Crippen molar-refractivity contribution in [2.45, 2.75) is 12.5 Å². The minimum atomic E-state index is 0.206. The number of anilines is 1. The monoisotopic (exact) mass is 217 g/mol. The van der Waals surface area contributed by atoms with Gasteiger partial charge in [-0.1, -0.05) is 0 Å². The zero-order valence-corrected chi connectivity index (χ0v) is 9.31. The fourth-order valence-electron chi connectivity index (χ4n) is 2.00. The highest BCUT2D eigenvalue weighted by atomic mass is 16.5. The van der Waals surface area contributed by atoms with Crippen LogP contribution in [0, 0.1) is 11.3 Å². The van der Waals surface area contributed by atoms with Gasteiger partial charge in [0.25, 0.3) is 0 Å². The first-order valence-electron chi connectivity index (χ1n) is 5.33. The molecule has 4 heteroatoms. The van der Waals surface area contributed by atoms with E-state index in [1.165, 1.54) is 0 Å². The zero-order chi connectivity index (χ0) is 11.5. The van der Waals surface area contributed by atoms with Gasteiger partial charge in [0, 0.05) is 25.2 Å². The van der Waals surface area contributed by atoms with Gasteiger partial charge in [-0.2, -0.15) is 5.26 Å². The van der Waals surface area contributed by atoms with E-state index in [0.29, 0.717) is 5.56 Å². The molecule has 0 amide bonds. The lowest BCUT2D eigenvalue weighted by atomic mass is 10.1. The third kappa shape index (κ3) is 1.95. The summed E-state index contributed by atoms with van der Waals surface area (Å²) in [7, 11) is 1.63. The van der Waals surface area contributed by atoms with Crippen molar-refractivity contribution in [1.82, 2.24) is 0 Å². The molecule has 0 aliphatic carbocycles. The number of nitrogens with zero attached hydrogens (tertiary/aromatic N) is 2. The van der Waals surface area contributed by atoms with Crippen LogP contribution >= 0.6 is 0 Å². The molecule has 1 aromatic carbocycles. The summed E-state index contributed by atoms with van der Waals surface area (Å²) in [6.07, 6.45) is 0.974. The summed E-state index contributed by atoms with van der Waals surface area (Å²) in [5.41, 5.74) is 7.47. The molecule has 1 saturated heterocycles. The van der Waals surface area contributed by atoms with E-state index in [1.54, 1.807) is 19.2 Å². The number of rotatable bonds is 2. The van der Waals surface area contributed by atoms with Crippen molar-refractivity contribution < 1.29 is 4.74 Å². The Morgan fingerprint density at radius 2 is 2.38 bits per heavy atom. The summed E-state index contributed by atoms with van der Waals surface area (Å²) >= 11 is 0. The van der Waals surface area contributed by atoms with Gasteiger partial charge in [0.2, 0.25) is 0 Å². The number of nitrogens with two attached hydrogens (primary N) is 1. The van der Waals surface area contributed by atoms with Crippen molar-refractivity contribution in [3.8, 4) is 11.8 Å². The normalized spacial score (nSPS) is 19.6. The van der Waals surface area contributed by atoms with Gasteiger partial charge in [0.1, 0.15) is 11.8 Å². The summed E-state index contributed by atoms with van der Waals surface area (Å²) < 4.78 is 5.17. The van der Waals surface area contributed by atoms with Crippen LogP contribution in [0.25, 0.3) is 0 Å². The predicted molar refractivity (Wildman–Crippen MR) is 62.5 cm³/mol. The number of ether oxygens (including phenoxy) is 1. The van der Waals surface area contributed by atoms with Gasteiger partial charge in [-0.25, -0.2) is 0 Å². The fraction of sp³-hybridized carbons (Fsp3) is 0.417. The van der Waals surface area contributed by atoms with Crippen LogP contribution in [0.15, 0.2) is 18.2 Å². The molecule has 1 heterocycles. The molecule has 1 aromatic rings. The molecule has 1 atom stereocenters. The quantitative estimate of drug-likeness (QED) is 0.806. The van der Waals surface area contributed by atoms with Crippen LogP contribution in [0.4, 0.5) is 5.69 Å². The van der Waals surface area contributed by atoms with Crippen molar-refractivity contribution in [1.29, 1.82) is 5.26 Å². The SMILES string of the molecule is COc1ccc(C#N)c(N2CCC(N)C2)c1. The molecule has 2 rings (SSSR count). The summed E-state index contributed by atoms with van der Waals surface area (Å²) in [5, 5.41) is 9.06. The maximum absolute atomic E-state index is 9.06. The number of nitriles is 1. The van der Waals surface area contributed by atoms with E-state index in [2.05, 4.69) is 11.0 Å². The average Bonchev–Trinajstić information content (AvgIpc) is 2.75. The van der Waals surface area contributed by atoms with Crippen LogP contribution in [-0.2, 0) is 0 Å². The van der Waals surface area contributed by atoms with Gasteiger partial charge < -0.3 is 15.4 Å². The number of hydrogen-bond acceptors (Lipinski definition) is 4. The van der Waals surface area contributed by atoms with Gasteiger partial charge in [0.05, 0.1) is 18.4 Å². The van der Waals surface area contributed by atoms with E-state index >= 15 is 0 Å². The lowest BCUT2D eigenvalue weighted by Gasteiger charge is -2.20. The molecule has 1 fully saturated rings. The minimum absolute atomic E-state index is 0.206. The Kier molecular flexibility index (Phi) is 2.97. The Labute approximate surface area is 95.2 Å². The van der Waals surface area contributed by atoms with Crippen molar-refractivity contribution in [3.63, 3.8) is 0 Å². The molecule has 2 N–H and O–H groups in total. The second kappa shape index (κ2) is 4.42. The molecule has 0 spiro atoms. The van der Waals surface area contributed by atoms with Gasteiger partial charge >= 0.3 is 0 Å². The number of methoxy groups -OCH3 is 1. The molecule has 0 bridgehead atoms. The van der Waals surface area contributed by atoms with Gasteiger partial charge in [-0.15, -0.1) is 0 Å². The molecule has 1 aliphatic heterocycles. The molecule has 1 aliphatic rings. The maximum Gasteiger partial charge on any atom is 0.121 e. The van der Waals surface area contributed by atoms with Gasteiger partial charge in [0.15, 0.2) is 0 Å². The Morgan fingerprint density at radius 1 is 1.56 bits per heavy atom. The molecule has 0 radical (unpaired) electrons. The van der Waals surface area contributed by atoms with E-state index < -0.39 is 0 Å². The van der Waals surface area contributed by atoms with Gasteiger partial charge in [-0.3, -0.25) is 0 Å². The van der Waals surface area contributed by atoms with E-state index in [9.17, 15) is 0 Å². The lowest BCUT2D eigenvalue weighted by molar-refractivity contribution is 0.415. The van der Waals surface area contributed by atoms with Crippen LogP contribution in [-0.4, -0.2) is 26.2 Å². The zero-order valence-electron chi connectivity index (χ0n) is 9.31. The highest BCUT2D eigenvalue weighted by molar-refractivity contribution is 5.62. The van der Waals surface area contributed by atoms with Crippen molar-refractivity contribution in [2.75, 3.05) is 25.1 Å². The first-order valence-corrected chi connectivity index (χ1v) is 5.33. The summed E-state index contributed by atoms with van der Waals surface area (Å²) in [5.74, 6) is 0.773. The third-order valence-electron chi connectivity index (χ3n) is 2.89. The smallest absolute Gasteiger partial charge is 0.121 e. The Bertz CT molecular complexity index is 425. The van der Waals surface area contributed by atoms with Crippen LogP contribution in [0.1, 0.15) is 12.0 Å². The second-order valence-corrected chi connectivity index (χ2v) is 3.99. The van der Waals surface area contributed by atoms with E-state index in [4.69, 9.17) is 15.7 Å². The number of hydrogen-bond donors (Lipinski definition) is 1. The largest absolute Gasteiger partial charge is 0.497 e. The van der Waals surface area contributed by atoms with Crippen molar-refractivity contribution in [2.24, 2.45) is 5.73 Å². The fourth-order valence-corrected chi connectivity index (χ4v) is 2.00. The minimum Gasteiger partial charge on any atom is -0.497 e. The van der Waals surface area contributed by atoms with Crippen molar-refractivity contribution in [3.05, 3.63) is 23.8 Å².